The Labute approximate surface area is 96.1 Å². The molecule has 1 rings (SSSR count). The van der Waals surface area contributed by atoms with Gasteiger partial charge in [0.2, 0.25) is 11.8 Å². The number of nitrogens with one attached hydrogen (secondary N) is 1. The van der Waals surface area contributed by atoms with Crippen LogP contribution in [-0.2, 0) is 14.3 Å². The van der Waals surface area contributed by atoms with E-state index in [1.54, 1.807) is 4.90 Å². The summed E-state index contributed by atoms with van der Waals surface area (Å²) in [6.07, 6.45) is 1.43. The van der Waals surface area contributed by atoms with Gasteiger partial charge in [0.25, 0.3) is 0 Å². The number of hydrogen-bond acceptors (Lipinski definition) is 3. The second kappa shape index (κ2) is 6.48. The maximum Gasteiger partial charge on any atom is 0.245 e. The molecule has 1 atom stereocenters. The zero-order valence-corrected chi connectivity index (χ0v) is 9.57. The quantitative estimate of drug-likeness (QED) is 0.724. The normalized spacial score (nSPS) is 18.0. The van der Waals surface area contributed by atoms with Gasteiger partial charge in [0.15, 0.2) is 0 Å². The summed E-state index contributed by atoms with van der Waals surface area (Å²) in [5.74, 6) is -0.719. The number of amides is 2. The van der Waals surface area contributed by atoms with Crippen LogP contribution < -0.4 is 5.32 Å². The maximum atomic E-state index is 12.0. The Bertz CT molecular complexity index is 250. The summed E-state index contributed by atoms with van der Waals surface area (Å²) < 4.78 is 5.16. The zero-order chi connectivity index (χ0) is 12.0. The molecular weight excluding hydrogens is 208 g/mol. The van der Waals surface area contributed by atoms with Crippen LogP contribution in [0.5, 0.6) is 0 Å². The minimum atomic E-state index is -0.653. The van der Waals surface area contributed by atoms with Crippen LogP contribution in [0.3, 0.4) is 0 Å². The van der Waals surface area contributed by atoms with Crippen LogP contribution in [0.2, 0.25) is 0 Å². The Morgan fingerprint density at radius 2 is 2.06 bits per heavy atom. The molecule has 16 heavy (non-hydrogen) atoms. The average Bonchev–Trinajstić information content (AvgIpc) is 2.28. The monoisotopic (exact) mass is 226 g/mol. The second-order valence-corrected chi connectivity index (χ2v) is 3.79. The Morgan fingerprint density at radius 1 is 1.44 bits per heavy atom. The van der Waals surface area contributed by atoms with Crippen molar-refractivity contribution >= 4 is 11.8 Å². The number of nitrogens with zero attached hydrogens (tertiary/aromatic N) is 1. The van der Waals surface area contributed by atoms with E-state index >= 15 is 0 Å². The minimum Gasteiger partial charge on any atom is -0.378 e. The molecule has 1 aliphatic rings. The minimum absolute atomic E-state index is 0.0658. The van der Waals surface area contributed by atoms with E-state index < -0.39 is 11.9 Å². The van der Waals surface area contributed by atoms with Crippen LogP contribution in [0, 0.1) is 6.92 Å². The zero-order valence-electron chi connectivity index (χ0n) is 9.57. The van der Waals surface area contributed by atoms with E-state index in [1.165, 1.54) is 0 Å². The lowest BCUT2D eigenvalue weighted by Gasteiger charge is -2.30. The van der Waals surface area contributed by atoms with Crippen molar-refractivity contribution in [3.05, 3.63) is 6.92 Å². The third-order valence-electron chi connectivity index (χ3n) is 2.51. The van der Waals surface area contributed by atoms with Crippen LogP contribution in [0.15, 0.2) is 0 Å². The molecule has 1 unspecified atom stereocenters. The molecule has 90 valence electrons. The number of ether oxygens (including phenoxy) is 1. The summed E-state index contributed by atoms with van der Waals surface area (Å²) in [6, 6.07) is -0.499. The maximum absolute atomic E-state index is 12.0. The van der Waals surface area contributed by atoms with Gasteiger partial charge in [0.05, 0.1) is 20.1 Å². The van der Waals surface area contributed by atoms with Gasteiger partial charge in [-0.15, -0.1) is 0 Å². The van der Waals surface area contributed by atoms with Gasteiger partial charge in [0.1, 0.15) is 6.04 Å². The third kappa shape index (κ3) is 3.81. The highest BCUT2D eigenvalue weighted by atomic mass is 16.5. The van der Waals surface area contributed by atoms with Gasteiger partial charge in [-0.1, -0.05) is 13.3 Å². The standard InChI is InChI=1S/C11H18N2O3/c1-3-4-10(12-9(2)14)11(15)13-5-7-16-8-6-13/h2,10H,3-8H2,1H3,(H,12,14). The van der Waals surface area contributed by atoms with Crippen molar-refractivity contribution in [1.82, 2.24) is 10.2 Å². The molecule has 1 fully saturated rings. The molecule has 0 aromatic heterocycles. The topological polar surface area (TPSA) is 58.6 Å². The van der Waals surface area contributed by atoms with Gasteiger partial charge in [-0.2, -0.15) is 0 Å². The summed E-state index contributed by atoms with van der Waals surface area (Å²) in [5, 5.41) is 2.48. The van der Waals surface area contributed by atoms with E-state index in [9.17, 15) is 9.59 Å². The molecule has 5 nitrogen and oxygen atoms in total. The molecule has 2 radical (unpaired) electrons. The van der Waals surface area contributed by atoms with Crippen molar-refractivity contribution in [3.63, 3.8) is 0 Å². The number of carbonyl (C=O) groups is 2. The summed E-state index contributed by atoms with van der Waals surface area (Å²) >= 11 is 0. The predicted molar refractivity (Wildman–Crippen MR) is 58.5 cm³/mol. The third-order valence-corrected chi connectivity index (χ3v) is 2.51. The lowest BCUT2D eigenvalue weighted by Crippen LogP contribution is -2.51. The first-order valence-electron chi connectivity index (χ1n) is 5.57. The number of carbonyl (C=O) groups excluding carboxylic acids is 2. The molecular formula is C11H18N2O3. The van der Waals surface area contributed by atoms with Crippen molar-refractivity contribution in [3.8, 4) is 0 Å². The van der Waals surface area contributed by atoms with Crippen LogP contribution >= 0.6 is 0 Å². The highest BCUT2D eigenvalue weighted by Crippen LogP contribution is 2.05. The molecule has 1 saturated heterocycles. The summed E-state index contributed by atoms with van der Waals surface area (Å²) in [6.45, 7) is 9.29. The van der Waals surface area contributed by atoms with Crippen molar-refractivity contribution in [2.45, 2.75) is 25.8 Å². The fourth-order valence-electron chi connectivity index (χ4n) is 1.72. The average molecular weight is 226 g/mol. The SMILES string of the molecule is [CH]C(=O)NC(CCC)C(=O)N1CCOCC1. The molecule has 0 aromatic rings. The summed E-state index contributed by atoms with van der Waals surface area (Å²) in [5.41, 5.74) is 0. The van der Waals surface area contributed by atoms with Gasteiger partial charge in [-0.25, -0.2) is 0 Å². The molecule has 1 N–H and O–H groups in total. The molecule has 0 aliphatic carbocycles. The first-order chi connectivity index (χ1) is 7.65. The molecule has 5 heteroatoms. The van der Waals surface area contributed by atoms with Crippen LogP contribution in [0.1, 0.15) is 19.8 Å². The van der Waals surface area contributed by atoms with Gasteiger partial charge >= 0.3 is 0 Å². The van der Waals surface area contributed by atoms with E-state index in [-0.39, 0.29) is 5.91 Å². The van der Waals surface area contributed by atoms with Crippen LogP contribution in [-0.4, -0.2) is 49.1 Å². The Morgan fingerprint density at radius 3 is 2.56 bits per heavy atom. The first-order valence-corrected chi connectivity index (χ1v) is 5.57. The summed E-state index contributed by atoms with van der Waals surface area (Å²) in [4.78, 5) is 24.5. The second-order valence-electron chi connectivity index (χ2n) is 3.79. The molecule has 0 saturated carbocycles. The first kappa shape index (κ1) is 13.0. The Balaban J connectivity index is 2.54. The number of hydrogen-bond donors (Lipinski definition) is 1. The largest absolute Gasteiger partial charge is 0.378 e. The van der Waals surface area contributed by atoms with Crippen molar-refractivity contribution in [2.24, 2.45) is 0 Å². The number of morpholine rings is 1. The van der Waals surface area contributed by atoms with Gasteiger partial charge in [-0.05, 0) is 6.42 Å². The Kier molecular flexibility index (Phi) is 5.25. The van der Waals surface area contributed by atoms with Crippen molar-refractivity contribution in [2.75, 3.05) is 26.3 Å². The molecule has 1 heterocycles. The van der Waals surface area contributed by atoms with Gasteiger partial charge in [0, 0.05) is 13.1 Å². The van der Waals surface area contributed by atoms with Gasteiger partial charge in [-0.3, -0.25) is 9.59 Å². The highest BCUT2D eigenvalue weighted by Gasteiger charge is 2.25. The molecule has 0 aromatic carbocycles. The summed E-state index contributed by atoms with van der Waals surface area (Å²) in [7, 11) is 0. The fourth-order valence-corrected chi connectivity index (χ4v) is 1.72. The lowest BCUT2D eigenvalue weighted by atomic mass is 10.1. The van der Waals surface area contributed by atoms with E-state index in [2.05, 4.69) is 5.32 Å². The predicted octanol–water partition coefficient (Wildman–Crippen LogP) is -0.159. The lowest BCUT2D eigenvalue weighted by molar-refractivity contribution is -0.139. The smallest absolute Gasteiger partial charge is 0.245 e. The van der Waals surface area contributed by atoms with Crippen LogP contribution in [0.25, 0.3) is 0 Å². The Hall–Kier alpha value is -1.10. The van der Waals surface area contributed by atoms with Crippen molar-refractivity contribution in [1.29, 1.82) is 0 Å². The highest BCUT2D eigenvalue weighted by molar-refractivity contribution is 5.89. The van der Waals surface area contributed by atoms with E-state index in [0.29, 0.717) is 32.7 Å². The fraction of sp³-hybridized carbons (Fsp3) is 0.727. The molecule has 2 amide bonds. The van der Waals surface area contributed by atoms with E-state index in [0.717, 1.165) is 6.42 Å². The molecule has 1 aliphatic heterocycles. The number of rotatable bonds is 4. The molecule has 0 bridgehead atoms. The molecule has 0 spiro atoms. The van der Waals surface area contributed by atoms with E-state index in [4.69, 9.17) is 11.7 Å². The van der Waals surface area contributed by atoms with E-state index in [1.807, 2.05) is 6.92 Å². The van der Waals surface area contributed by atoms with Crippen molar-refractivity contribution < 1.29 is 14.3 Å². The van der Waals surface area contributed by atoms with Gasteiger partial charge < -0.3 is 15.0 Å². The van der Waals surface area contributed by atoms with Crippen LogP contribution in [0.4, 0.5) is 0 Å².